The second kappa shape index (κ2) is 6.42. The van der Waals surface area contributed by atoms with Crippen LogP contribution in [0.2, 0.25) is 0 Å². The van der Waals surface area contributed by atoms with E-state index in [4.69, 9.17) is 5.11 Å². The van der Waals surface area contributed by atoms with Gasteiger partial charge < -0.3 is 10.0 Å². The zero-order valence-electron chi connectivity index (χ0n) is 13.6. The molecule has 9 nitrogen and oxygen atoms in total. The number of amides is 1. The highest BCUT2D eigenvalue weighted by Gasteiger charge is 2.38. The summed E-state index contributed by atoms with van der Waals surface area (Å²) in [5.41, 5.74) is 2.49. The normalized spacial score (nSPS) is 20.5. The van der Waals surface area contributed by atoms with E-state index in [1.807, 2.05) is 19.9 Å². The molecule has 0 bridgehead atoms. The van der Waals surface area contributed by atoms with Gasteiger partial charge in [-0.3, -0.25) is 14.3 Å². The molecule has 3 heterocycles. The third kappa shape index (κ3) is 3.29. The van der Waals surface area contributed by atoms with Gasteiger partial charge in [0.1, 0.15) is 6.54 Å². The van der Waals surface area contributed by atoms with Crippen molar-refractivity contribution in [1.82, 2.24) is 30.1 Å². The first-order valence-electron chi connectivity index (χ1n) is 7.80. The molecule has 0 unspecified atom stereocenters. The molecule has 2 N–H and O–H groups in total. The van der Waals surface area contributed by atoms with Crippen LogP contribution in [0.1, 0.15) is 29.4 Å². The number of carbonyl (C=O) groups is 2. The van der Waals surface area contributed by atoms with Crippen molar-refractivity contribution in [3.05, 3.63) is 29.3 Å². The molecule has 1 aliphatic heterocycles. The van der Waals surface area contributed by atoms with Gasteiger partial charge in [0.2, 0.25) is 5.91 Å². The Balaban J connectivity index is 1.73. The van der Waals surface area contributed by atoms with E-state index in [9.17, 15) is 9.59 Å². The number of carboxylic acid groups (broad SMARTS) is 1. The van der Waals surface area contributed by atoms with Crippen LogP contribution < -0.4 is 0 Å². The Morgan fingerprint density at radius 2 is 2.17 bits per heavy atom. The first-order valence-corrected chi connectivity index (χ1v) is 7.80. The summed E-state index contributed by atoms with van der Waals surface area (Å²) in [7, 11) is 0. The molecule has 2 atom stereocenters. The Labute approximate surface area is 138 Å². The molecule has 128 valence electrons. The quantitative estimate of drug-likeness (QED) is 0.815. The molecule has 9 heteroatoms. The number of likely N-dealkylation sites (tertiary alicyclic amines) is 1. The van der Waals surface area contributed by atoms with Crippen molar-refractivity contribution in [3.8, 4) is 0 Å². The van der Waals surface area contributed by atoms with Crippen LogP contribution in [-0.4, -0.2) is 60.2 Å². The molecule has 2 aromatic heterocycles. The van der Waals surface area contributed by atoms with Crippen LogP contribution in [0.3, 0.4) is 0 Å². The van der Waals surface area contributed by atoms with E-state index in [-0.39, 0.29) is 30.7 Å². The predicted octanol–water partition coefficient (Wildman–Crippen LogP) is 0.335. The summed E-state index contributed by atoms with van der Waals surface area (Å²) in [6.07, 6.45) is 1.59. The number of aliphatic carboxylic acids is 1. The van der Waals surface area contributed by atoms with Gasteiger partial charge >= 0.3 is 5.97 Å². The maximum Gasteiger partial charge on any atom is 0.303 e. The van der Waals surface area contributed by atoms with E-state index in [1.165, 1.54) is 0 Å². The van der Waals surface area contributed by atoms with Crippen molar-refractivity contribution in [2.45, 2.75) is 32.7 Å². The van der Waals surface area contributed by atoms with Crippen molar-refractivity contribution in [2.75, 3.05) is 13.1 Å². The Morgan fingerprint density at radius 3 is 2.75 bits per heavy atom. The largest absolute Gasteiger partial charge is 0.481 e. The van der Waals surface area contributed by atoms with Gasteiger partial charge in [0.25, 0.3) is 0 Å². The summed E-state index contributed by atoms with van der Waals surface area (Å²) in [6, 6.07) is 1.92. The van der Waals surface area contributed by atoms with E-state index in [2.05, 4.69) is 20.5 Å². The number of carbonyl (C=O) groups excluding carboxylic acids is 1. The predicted molar refractivity (Wildman–Crippen MR) is 83.1 cm³/mol. The zero-order valence-corrected chi connectivity index (χ0v) is 13.6. The van der Waals surface area contributed by atoms with Crippen LogP contribution in [0.5, 0.6) is 0 Å². The maximum absolute atomic E-state index is 12.6. The third-order valence-electron chi connectivity index (χ3n) is 4.43. The van der Waals surface area contributed by atoms with Crippen LogP contribution in [0.25, 0.3) is 0 Å². The van der Waals surface area contributed by atoms with Crippen molar-refractivity contribution < 1.29 is 14.7 Å². The fraction of sp³-hybridized carbons (Fsp3) is 0.533. The van der Waals surface area contributed by atoms with Crippen LogP contribution in [0.15, 0.2) is 12.3 Å². The lowest BCUT2D eigenvalue weighted by Gasteiger charge is -2.16. The molecule has 3 rings (SSSR count). The standard InChI is InChI=1S/C15H20N6O3/c1-9-3-10(2)21(18-9)8-14(22)20-6-11(4-15(23)24)12(7-20)13-5-16-19-17-13/h3,5,11-12H,4,6-8H2,1-2H3,(H,23,24)(H,16,17,19)/t11-,12+/m0/s1. The fourth-order valence-electron chi connectivity index (χ4n) is 3.29. The fourth-order valence-corrected chi connectivity index (χ4v) is 3.29. The molecule has 1 saturated heterocycles. The highest BCUT2D eigenvalue weighted by atomic mass is 16.4. The molecular formula is C15H20N6O3. The van der Waals surface area contributed by atoms with Gasteiger partial charge in [0.15, 0.2) is 0 Å². The number of hydrogen-bond acceptors (Lipinski definition) is 5. The molecule has 0 aromatic carbocycles. The third-order valence-corrected chi connectivity index (χ3v) is 4.43. The SMILES string of the molecule is Cc1cc(C)n(CC(=O)N2C[C@H](CC(=O)O)[C@H](c3cn[nH]n3)C2)n1. The van der Waals surface area contributed by atoms with Gasteiger partial charge in [-0.2, -0.15) is 20.5 Å². The second-order valence-electron chi connectivity index (χ2n) is 6.24. The molecule has 24 heavy (non-hydrogen) atoms. The molecule has 0 spiro atoms. The Kier molecular flexibility index (Phi) is 4.32. The van der Waals surface area contributed by atoms with Crippen molar-refractivity contribution in [3.63, 3.8) is 0 Å². The van der Waals surface area contributed by atoms with Crippen LogP contribution in [0.4, 0.5) is 0 Å². The molecule has 0 radical (unpaired) electrons. The number of H-pyrrole nitrogens is 1. The summed E-state index contributed by atoms with van der Waals surface area (Å²) in [4.78, 5) is 25.4. The zero-order chi connectivity index (χ0) is 17.3. The first kappa shape index (κ1) is 16.2. The Morgan fingerprint density at radius 1 is 1.38 bits per heavy atom. The van der Waals surface area contributed by atoms with Gasteiger partial charge in [-0.05, 0) is 25.8 Å². The average molecular weight is 332 g/mol. The van der Waals surface area contributed by atoms with Crippen molar-refractivity contribution in [2.24, 2.45) is 5.92 Å². The number of nitrogens with zero attached hydrogens (tertiary/aromatic N) is 5. The molecule has 1 aliphatic rings. The van der Waals surface area contributed by atoms with Crippen LogP contribution in [-0.2, 0) is 16.1 Å². The average Bonchev–Trinajstić information content (AvgIpc) is 3.19. The molecule has 0 aliphatic carbocycles. The molecule has 1 amide bonds. The topological polar surface area (TPSA) is 117 Å². The highest BCUT2D eigenvalue weighted by molar-refractivity contribution is 5.77. The van der Waals surface area contributed by atoms with Gasteiger partial charge in [0.05, 0.1) is 24.0 Å². The lowest BCUT2D eigenvalue weighted by atomic mass is 9.91. The number of aryl methyl sites for hydroxylation is 2. The van der Waals surface area contributed by atoms with Gasteiger partial charge in [0, 0.05) is 24.7 Å². The lowest BCUT2D eigenvalue weighted by Crippen LogP contribution is -2.32. The number of aromatic nitrogens is 5. The summed E-state index contributed by atoms with van der Waals surface area (Å²) in [6.45, 7) is 4.80. The van der Waals surface area contributed by atoms with E-state index < -0.39 is 5.97 Å². The molecule has 2 aromatic rings. The minimum absolute atomic E-state index is 0.00120. The number of nitrogens with one attached hydrogen (secondary N) is 1. The van der Waals surface area contributed by atoms with Gasteiger partial charge in [-0.25, -0.2) is 0 Å². The molecular weight excluding hydrogens is 312 g/mol. The second-order valence-corrected chi connectivity index (χ2v) is 6.24. The van der Waals surface area contributed by atoms with E-state index in [0.29, 0.717) is 18.8 Å². The maximum atomic E-state index is 12.6. The number of rotatable bonds is 5. The Bertz CT molecular complexity index is 738. The van der Waals surface area contributed by atoms with Crippen LogP contribution in [0, 0.1) is 19.8 Å². The molecule has 0 saturated carbocycles. The summed E-state index contributed by atoms with van der Waals surface area (Å²) >= 11 is 0. The monoisotopic (exact) mass is 332 g/mol. The number of carboxylic acids is 1. The summed E-state index contributed by atoms with van der Waals surface area (Å²) in [5.74, 6) is -1.23. The summed E-state index contributed by atoms with van der Waals surface area (Å²) in [5, 5.41) is 23.8. The smallest absolute Gasteiger partial charge is 0.303 e. The number of aromatic amines is 1. The van der Waals surface area contributed by atoms with E-state index in [1.54, 1.807) is 15.8 Å². The minimum Gasteiger partial charge on any atom is -0.481 e. The highest BCUT2D eigenvalue weighted by Crippen LogP contribution is 2.33. The van der Waals surface area contributed by atoms with Crippen molar-refractivity contribution in [1.29, 1.82) is 0 Å². The van der Waals surface area contributed by atoms with Gasteiger partial charge in [-0.15, -0.1) is 0 Å². The van der Waals surface area contributed by atoms with E-state index in [0.717, 1.165) is 11.4 Å². The van der Waals surface area contributed by atoms with Gasteiger partial charge in [-0.1, -0.05) is 0 Å². The lowest BCUT2D eigenvalue weighted by molar-refractivity contribution is -0.138. The van der Waals surface area contributed by atoms with Crippen LogP contribution >= 0.6 is 0 Å². The Hall–Kier alpha value is -2.71. The summed E-state index contributed by atoms with van der Waals surface area (Å²) < 4.78 is 1.67. The minimum atomic E-state index is -0.874. The number of hydrogen-bond donors (Lipinski definition) is 2. The van der Waals surface area contributed by atoms with Crippen molar-refractivity contribution >= 4 is 11.9 Å². The molecule has 1 fully saturated rings. The van der Waals surface area contributed by atoms with E-state index >= 15 is 0 Å². The first-order chi connectivity index (χ1) is 11.4.